The van der Waals surface area contributed by atoms with Crippen molar-refractivity contribution in [3.05, 3.63) is 0 Å². The summed E-state index contributed by atoms with van der Waals surface area (Å²) in [7, 11) is 0. The average Bonchev–Trinajstić information content (AvgIpc) is 1.82. The lowest BCUT2D eigenvalue weighted by Gasteiger charge is -2.04. The first-order valence-corrected chi connectivity index (χ1v) is 2.35. The molecule has 0 amide bonds. The van der Waals surface area contributed by atoms with Crippen LogP contribution in [0.2, 0.25) is 0 Å². The van der Waals surface area contributed by atoms with E-state index in [0.29, 0.717) is 6.29 Å². The predicted octanol–water partition coefficient (Wildman–Crippen LogP) is -1.51. The predicted molar refractivity (Wildman–Crippen MR) is 29.4 cm³/mol. The van der Waals surface area contributed by atoms with Crippen LogP contribution in [0.4, 0.5) is 0 Å². The second-order valence-corrected chi connectivity index (χ2v) is 1.46. The number of aldehydes is 1. The second kappa shape index (κ2) is 3.99. The first-order valence-electron chi connectivity index (χ1n) is 2.35. The number of hydrogen-bond acceptors (Lipinski definition) is 4. The minimum absolute atomic E-state index is 0.105. The van der Waals surface area contributed by atoms with Crippen molar-refractivity contribution in [2.45, 2.75) is 12.5 Å². The lowest BCUT2D eigenvalue weighted by atomic mass is 10.2. The zero-order valence-electron chi connectivity index (χ0n) is 4.70. The molecule has 5 nitrogen and oxygen atoms in total. The fourth-order valence-corrected chi connectivity index (χ4v) is 0.336. The average molecular weight is 132 g/mol. The van der Waals surface area contributed by atoms with Crippen molar-refractivity contribution < 1.29 is 14.7 Å². The molecule has 0 aromatic rings. The number of carbonyl (C=O) groups excluding carboxylic acids is 1. The van der Waals surface area contributed by atoms with E-state index in [-0.39, 0.29) is 6.42 Å². The number of carbonyl (C=O) groups is 2. The molecule has 0 fully saturated rings. The minimum Gasteiger partial charge on any atom is -0.480 e. The Bertz CT molecular complexity index is 114. The molecule has 0 aliphatic heterocycles. The van der Waals surface area contributed by atoms with E-state index in [2.05, 4.69) is 0 Å². The Hall–Kier alpha value is -0.940. The van der Waals surface area contributed by atoms with Crippen LogP contribution in [0.25, 0.3) is 0 Å². The topological polar surface area (TPSA) is 92.4 Å². The Kier molecular flexibility index (Phi) is 3.57. The molecular weight excluding hydrogens is 124 g/mol. The van der Waals surface area contributed by atoms with Gasteiger partial charge in [0.25, 0.3) is 0 Å². The molecule has 0 saturated heterocycles. The van der Waals surface area contributed by atoms with E-state index in [1.54, 1.807) is 0 Å². The first-order chi connectivity index (χ1) is 4.22. The van der Waals surface area contributed by atoms with Crippen LogP contribution in [0.1, 0.15) is 6.42 Å². The quantitative estimate of drug-likeness (QED) is 0.246. The smallest absolute Gasteiger partial charge is 0.322 e. The minimum atomic E-state index is -1.12. The Balaban J connectivity index is 3.67. The molecule has 5 heteroatoms. The molecule has 0 radical (unpaired) electrons. The van der Waals surface area contributed by atoms with Crippen LogP contribution in [-0.2, 0) is 9.59 Å². The van der Waals surface area contributed by atoms with Crippen LogP contribution >= 0.6 is 0 Å². The largest absolute Gasteiger partial charge is 0.480 e. The van der Waals surface area contributed by atoms with Crippen LogP contribution in [0.3, 0.4) is 0 Å². The third kappa shape index (κ3) is 2.78. The molecule has 0 aromatic heterocycles. The number of nitrogens with one attached hydrogen (secondary N) is 1. The van der Waals surface area contributed by atoms with Gasteiger partial charge in [-0.25, -0.2) is 5.43 Å². The summed E-state index contributed by atoms with van der Waals surface area (Å²) in [6.45, 7) is 0. The highest BCUT2D eigenvalue weighted by molar-refractivity contribution is 5.76. The number of hydrazine groups is 1. The van der Waals surface area contributed by atoms with Gasteiger partial charge in [0.05, 0.1) is 0 Å². The summed E-state index contributed by atoms with van der Waals surface area (Å²) in [5.74, 6) is 3.65. The van der Waals surface area contributed by atoms with Crippen LogP contribution in [0.15, 0.2) is 0 Å². The summed E-state index contributed by atoms with van der Waals surface area (Å²) < 4.78 is 0. The van der Waals surface area contributed by atoms with Gasteiger partial charge in [0, 0.05) is 6.42 Å². The van der Waals surface area contributed by atoms with Gasteiger partial charge >= 0.3 is 5.97 Å². The van der Waals surface area contributed by atoms with E-state index >= 15 is 0 Å². The third-order valence-corrected chi connectivity index (χ3v) is 0.831. The van der Waals surface area contributed by atoms with Crippen molar-refractivity contribution in [1.82, 2.24) is 5.43 Å². The van der Waals surface area contributed by atoms with Gasteiger partial charge < -0.3 is 9.90 Å². The van der Waals surface area contributed by atoms with Gasteiger partial charge in [-0.2, -0.15) is 0 Å². The van der Waals surface area contributed by atoms with Gasteiger partial charge in [-0.1, -0.05) is 0 Å². The maximum Gasteiger partial charge on any atom is 0.322 e. The van der Waals surface area contributed by atoms with E-state index in [4.69, 9.17) is 10.9 Å². The highest BCUT2D eigenvalue weighted by Gasteiger charge is 2.12. The molecule has 1 unspecified atom stereocenters. The highest BCUT2D eigenvalue weighted by Crippen LogP contribution is 1.84. The fraction of sp³-hybridized carbons (Fsp3) is 0.500. The van der Waals surface area contributed by atoms with E-state index in [1.165, 1.54) is 0 Å². The van der Waals surface area contributed by atoms with Crippen molar-refractivity contribution in [2.24, 2.45) is 5.84 Å². The summed E-state index contributed by atoms with van der Waals surface area (Å²) >= 11 is 0. The molecular formula is C4H8N2O3. The SMILES string of the molecule is NNC(CC=O)C(=O)O. The van der Waals surface area contributed by atoms with Crippen molar-refractivity contribution >= 4 is 12.3 Å². The summed E-state index contributed by atoms with van der Waals surface area (Å²) in [4.78, 5) is 19.7. The Morgan fingerprint density at radius 2 is 2.44 bits per heavy atom. The lowest BCUT2D eigenvalue weighted by molar-refractivity contribution is -0.140. The Labute approximate surface area is 51.8 Å². The normalized spacial score (nSPS) is 12.6. The molecule has 9 heavy (non-hydrogen) atoms. The van der Waals surface area contributed by atoms with Crippen LogP contribution in [0, 0.1) is 0 Å². The van der Waals surface area contributed by atoms with Crippen LogP contribution in [-0.4, -0.2) is 23.4 Å². The number of carboxylic acid groups (broad SMARTS) is 1. The van der Waals surface area contributed by atoms with E-state index in [0.717, 1.165) is 0 Å². The van der Waals surface area contributed by atoms with Crippen molar-refractivity contribution in [2.75, 3.05) is 0 Å². The lowest BCUT2D eigenvalue weighted by Crippen LogP contribution is -2.41. The van der Waals surface area contributed by atoms with Crippen molar-refractivity contribution in [1.29, 1.82) is 0 Å². The van der Waals surface area contributed by atoms with E-state index in [9.17, 15) is 9.59 Å². The Morgan fingerprint density at radius 1 is 1.89 bits per heavy atom. The van der Waals surface area contributed by atoms with Crippen molar-refractivity contribution in [3.8, 4) is 0 Å². The molecule has 1 atom stereocenters. The summed E-state index contributed by atoms with van der Waals surface area (Å²) in [6, 6.07) is -0.956. The highest BCUT2D eigenvalue weighted by atomic mass is 16.4. The third-order valence-electron chi connectivity index (χ3n) is 0.831. The molecule has 0 saturated carbocycles. The first kappa shape index (κ1) is 8.06. The zero-order chi connectivity index (χ0) is 7.28. The molecule has 0 bridgehead atoms. The number of carboxylic acids is 1. The molecule has 0 rings (SSSR count). The van der Waals surface area contributed by atoms with Crippen LogP contribution < -0.4 is 11.3 Å². The van der Waals surface area contributed by atoms with Crippen molar-refractivity contribution in [3.63, 3.8) is 0 Å². The number of hydrogen-bond donors (Lipinski definition) is 3. The maximum atomic E-state index is 10.0. The Morgan fingerprint density at radius 3 is 2.56 bits per heavy atom. The molecule has 0 spiro atoms. The van der Waals surface area contributed by atoms with E-state index in [1.807, 2.05) is 5.43 Å². The molecule has 4 N–H and O–H groups in total. The zero-order valence-corrected chi connectivity index (χ0v) is 4.70. The number of nitrogens with two attached hydrogens (primary N) is 1. The second-order valence-electron chi connectivity index (χ2n) is 1.46. The summed E-state index contributed by atoms with van der Waals surface area (Å²) in [6.07, 6.45) is 0.393. The van der Waals surface area contributed by atoms with Gasteiger partial charge in [-0.15, -0.1) is 0 Å². The molecule has 0 aliphatic rings. The van der Waals surface area contributed by atoms with Gasteiger partial charge in [0.1, 0.15) is 12.3 Å². The van der Waals surface area contributed by atoms with Crippen LogP contribution in [0.5, 0.6) is 0 Å². The summed E-state index contributed by atoms with van der Waals surface area (Å²) in [5, 5.41) is 8.20. The molecule has 0 heterocycles. The summed E-state index contributed by atoms with van der Waals surface area (Å²) in [5.41, 5.74) is 1.97. The monoisotopic (exact) mass is 132 g/mol. The van der Waals surface area contributed by atoms with Gasteiger partial charge in [0.15, 0.2) is 0 Å². The number of aliphatic carboxylic acids is 1. The number of rotatable bonds is 4. The van der Waals surface area contributed by atoms with Gasteiger partial charge in [0.2, 0.25) is 0 Å². The molecule has 0 aliphatic carbocycles. The standard InChI is InChI=1S/C4H8N2O3/c5-6-3(1-2-7)4(8)9/h2-3,6H,1,5H2,(H,8,9). The van der Waals surface area contributed by atoms with Gasteiger partial charge in [-0.05, 0) is 0 Å². The molecule has 0 aromatic carbocycles. The van der Waals surface area contributed by atoms with E-state index < -0.39 is 12.0 Å². The molecule has 52 valence electrons. The maximum absolute atomic E-state index is 10.0. The van der Waals surface area contributed by atoms with Gasteiger partial charge in [-0.3, -0.25) is 10.6 Å². The fourth-order valence-electron chi connectivity index (χ4n) is 0.336.